The van der Waals surface area contributed by atoms with Gasteiger partial charge in [-0.15, -0.1) is 0 Å². The van der Waals surface area contributed by atoms with E-state index in [0.717, 1.165) is 5.56 Å². The molecule has 4 heterocycles. The molecule has 5 rings (SSSR count). The lowest BCUT2D eigenvalue weighted by Crippen LogP contribution is -2.68. The highest BCUT2D eigenvalue weighted by Crippen LogP contribution is 2.39. The average molecular weight is 568 g/mol. The number of methoxy groups -OCH3 is 1. The molecule has 0 radical (unpaired) electrons. The van der Waals surface area contributed by atoms with Gasteiger partial charge in [0.1, 0.15) is 48.8 Å². The summed E-state index contributed by atoms with van der Waals surface area (Å²) in [5.74, 6) is -1.18. The van der Waals surface area contributed by atoms with Crippen LogP contribution in [0.5, 0.6) is 0 Å². The van der Waals surface area contributed by atoms with Crippen molar-refractivity contribution in [3.05, 3.63) is 35.9 Å². The second-order valence-corrected chi connectivity index (χ2v) is 11.0. The summed E-state index contributed by atoms with van der Waals surface area (Å²) < 4.78 is 55.0. The molecule has 1 amide bonds. The van der Waals surface area contributed by atoms with E-state index in [2.05, 4.69) is 5.32 Å². The molecule has 4 saturated heterocycles. The first-order valence-corrected chi connectivity index (χ1v) is 13.9. The van der Waals surface area contributed by atoms with Crippen LogP contribution in [0.4, 0.5) is 0 Å². The molecule has 0 aliphatic carbocycles. The number of carbonyl (C=O) groups is 1. The molecule has 1 aromatic rings. The van der Waals surface area contributed by atoms with Crippen LogP contribution in [0.15, 0.2) is 30.3 Å². The number of carbonyl (C=O) groups excluding carboxylic acids is 1. The third-order valence-electron chi connectivity index (χ3n) is 7.41. The van der Waals surface area contributed by atoms with Gasteiger partial charge in [0.15, 0.2) is 18.4 Å². The van der Waals surface area contributed by atoms with Crippen LogP contribution in [-0.4, -0.2) is 112 Å². The number of benzene rings is 1. The zero-order valence-electron chi connectivity index (χ0n) is 23.4. The van der Waals surface area contributed by atoms with E-state index < -0.39 is 67.1 Å². The summed E-state index contributed by atoms with van der Waals surface area (Å²) in [6, 6.07) is 9.08. The van der Waals surface area contributed by atoms with Gasteiger partial charge in [0, 0.05) is 27.2 Å². The van der Waals surface area contributed by atoms with Crippen LogP contribution in [0.2, 0.25) is 0 Å². The number of ether oxygens (including phenoxy) is 9. The second-order valence-electron chi connectivity index (χ2n) is 11.0. The number of aliphatic hydroxyl groups is 1. The quantitative estimate of drug-likeness (QED) is 0.508. The summed E-state index contributed by atoms with van der Waals surface area (Å²) in [6.07, 6.45) is -6.46. The van der Waals surface area contributed by atoms with Gasteiger partial charge >= 0.3 is 0 Å². The van der Waals surface area contributed by atoms with Crippen LogP contribution >= 0.6 is 0 Å². The van der Waals surface area contributed by atoms with E-state index in [1.54, 1.807) is 13.8 Å². The molecule has 224 valence electrons. The molecule has 0 unspecified atom stereocenters. The molecule has 0 saturated carbocycles. The summed E-state index contributed by atoms with van der Waals surface area (Å²) in [6.45, 7) is 6.50. The standard InChI is InChI=1S/C28H41NO11/c1-16(30)29-20-24-22(18(36-26(20)32-4)15-34-13-17-9-6-5-7-10-17)38-27-21(31)25-23(39-28(2,3)40-25)19(37-27)14-33-11-8-12-35-24/h5-7,9-10,18-27,31H,8,11-15H2,1-4H3,(H,29,30)/t18-,19-,20-,21-,22-,23+,24-,25-,26-,27+/m1/s1. The molecule has 4 aliphatic rings. The maximum absolute atomic E-state index is 12.2. The largest absolute Gasteiger partial charge is 0.385 e. The molecule has 4 aliphatic heterocycles. The van der Waals surface area contributed by atoms with Gasteiger partial charge in [-0.05, 0) is 25.8 Å². The molecule has 2 N–H and O–H groups in total. The minimum atomic E-state index is -1.17. The van der Waals surface area contributed by atoms with Crippen molar-refractivity contribution in [3.63, 3.8) is 0 Å². The Labute approximate surface area is 234 Å². The highest BCUT2D eigenvalue weighted by Gasteiger charge is 2.57. The van der Waals surface area contributed by atoms with Crippen molar-refractivity contribution in [2.75, 3.05) is 33.5 Å². The van der Waals surface area contributed by atoms with E-state index in [-0.39, 0.29) is 19.1 Å². The SMILES string of the molecule is CO[C@@H]1O[C@H](COCc2ccccc2)[C@H]2O[C@@H]3O[C@H](COCCCO[C@@H]2[C@H]1NC(C)=O)[C@@H]1OC(C)(C)O[C@@H]1[C@H]3O. The van der Waals surface area contributed by atoms with Crippen LogP contribution < -0.4 is 5.32 Å². The highest BCUT2D eigenvalue weighted by atomic mass is 16.8. The van der Waals surface area contributed by atoms with Crippen LogP contribution in [0.1, 0.15) is 32.8 Å². The van der Waals surface area contributed by atoms with Crippen molar-refractivity contribution in [2.24, 2.45) is 0 Å². The third-order valence-corrected chi connectivity index (χ3v) is 7.41. The zero-order chi connectivity index (χ0) is 28.3. The number of hydrogen-bond donors (Lipinski definition) is 2. The second kappa shape index (κ2) is 13.1. The Morgan fingerprint density at radius 3 is 2.58 bits per heavy atom. The Hall–Kier alpha value is -1.71. The van der Waals surface area contributed by atoms with Crippen LogP contribution in [-0.2, 0) is 54.0 Å². The van der Waals surface area contributed by atoms with Gasteiger partial charge < -0.3 is 53.1 Å². The summed E-state index contributed by atoms with van der Waals surface area (Å²) in [4.78, 5) is 12.2. The number of rotatable bonds is 6. The van der Waals surface area contributed by atoms with Gasteiger partial charge in [0.25, 0.3) is 0 Å². The van der Waals surface area contributed by atoms with Gasteiger partial charge in [0.2, 0.25) is 5.91 Å². The first kappa shape index (κ1) is 29.8. The first-order chi connectivity index (χ1) is 19.3. The monoisotopic (exact) mass is 567 g/mol. The van der Waals surface area contributed by atoms with Gasteiger partial charge in [-0.3, -0.25) is 4.79 Å². The number of nitrogens with one attached hydrogen (secondary N) is 1. The van der Waals surface area contributed by atoms with Gasteiger partial charge in [-0.2, -0.15) is 0 Å². The lowest BCUT2D eigenvalue weighted by Gasteiger charge is -2.48. The van der Waals surface area contributed by atoms with Gasteiger partial charge in [-0.25, -0.2) is 0 Å². The molecule has 2 bridgehead atoms. The Bertz CT molecular complexity index is 965. The van der Waals surface area contributed by atoms with E-state index in [1.807, 2.05) is 30.3 Å². The maximum Gasteiger partial charge on any atom is 0.217 e. The fourth-order valence-corrected chi connectivity index (χ4v) is 5.69. The summed E-state index contributed by atoms with van der Waals surface area (Å²) in [5, 5.41) is 14.2. The summed E-state index contributed by atoms with van der Waals surface area (Å²) in [5.41, 5.74) is 1.01. The summed E-state index contributed by atoms with van der Waals surface area (Å²) in [7, 11) is 1.50. The number of amides is 1. The number of fused-ring (bicyclic) bond motifs is 5. The Morgan fingerprint density at radius 1 is 1.05 bits per heavy atom. The molecule has 4 fully saturated rings. The van der Waals surface area contributed by atoms with E-state index in [1.165, 1.54) is 14.0 Å². The normalized spacial score (nSPS) is 39.7. The number of aliphatic hydroxyl groups excluding tert-OH is 1. The van der Waals surface area contributed by atoms with E-state index in [9.17, 15) is 9.90 Å². The lowest BCUT2D eigenvalue weighted by atomic mass is 9.95. The highest BCUT2D eigenvalue weighted by molar-refractivity contribution is 5.73. The average Bonchev–Trinajstić information content (AvgIpc) is 3.25. The van der Waals surface area contributed by atoms with Crippen molar-refractivity contribution in [1.29, 1.82) is 0 Å². The van der Waals surface area contributed by atoms with Crippen molar-refractivity contribution in [1.82, 2.24) is 5.32 Å². The van der Waals surface area contributed by atoms with E-state index in [4.69, 9.17) is 42.6 Å². The van der Waals surface area contributed by atoms with Crippen LogP contribution in [0.3, 0.4) is 0 Å². The molecule has 0 aromatic heterocycles. The number of hydrogen-bond acceptors (Lipinski definition) is 11. The van der Waals surface area contributed by atoms with Crippen LogP contribution in [0.25, 0.3) is 0 Å². The minimum absolute atomic E-state index is 0.139. The zero-order valence-corrected chi connectivity index (χ0v) is 23.4. The Morgan fingerprint density at radius 2 is 1.82 bits per heavy atom. The lowest BCUT2D eigenvalue weighted by molar-refractivity contribution is -0.345. The molecule has 12 nitrogen and oxygen atoms in total. The maximum atomic E-state index is 12.2. The van der Waals surface area contributed by atoms with E-state index in [0.29, 0.717) is 26.2 Å². The van der Waals surface area contributed by atoms with Crippen molar-refractivity contribution >= 4 is 5.91 Å². The molecular formula is C28H41NO11. The van der Waals surface area contributed by atoms with Gasteiger partial charge in [-0.1, -0.05) is 30.3 Å². The fraction of sp³-hybridized carbons (Fsp3) is 0.750. The third kappa shape index (κ3) is 6.84. The predicted molar refractivity (Wildman–Crippen MR) is 138 cm³/mol. The molecule has 12 heteroatoms. The molecule has 10 atom stereocenters. The molecule has 0 spiro atoms. The first-order valence-electron chi connectivity index (χ1n) is 13.9. The predicted octanol–water partition coefficient (Wildman–Crippen LogP) is 0.876. The molecular weight excluding hydrogens is 526 g/mol. The van der Waals surface area contributed by atoms with Crippen molar-refractivity contribution in [2.45, 2.75) is 101 Å². The van der Waals surface area contributed by atoms with Crippen molar-refractivity contribution in [3.8, 4) is 0 Å². The van der Waals surface area contributed by atoms with E-state index >= 15 is 0 Å². The Kier molecular flexibility index (Phi) is 9.73. The topological polar surface area (TPSA) is 132 Å². The molecule has 1 aromatic carbocycles. The van der Waals surface area contributed by atoms with Gasteiger partial charge in [0.05, 0.1) is 19.8 Å². The summed E-state index contributed by atoms with van der Waals surface area (Å²) >= 11 is 0. The Balaban J connectivity index is 1.42. The fourth-order valence-electron chi connectivity index (χ4n) is 5.69. The molecule has 40 heavy (non-hydrogen) atoms. The smallest absolute Gasteiger partial charge is 0.217 e. The minimum Gasteiger partial charge on any atom is -0.385 e. The van der Waals surface area contributed by atoms with Crippen molar-refractivity contribution < 1.29 is 52.5 Å². The van der Waals surface area contributed by atoms with Crippen LogP contribution in [0, 0.1) is 0 Å².